The van der Waals surface area contributed by atoms with Crippen LogP contribution >= 0.6 is 0 Å². The van der Waals surface area contributed by atoms with Crippen LogP contribution in [0.5, 0.6) is 0 Å². The maximum Gasteiger partial charge on any atom is 0.143 e. The Labute approximate surface area is 774 Å². The topological polar surface area (TPSA) is 52.6 Å². The Kier molecular flexibility index (Phi) is 17.1. The highest BCUT2D eigenvalue weighted by atomic mass is 16.3. The van der Waals surface area contributed by atoms with Gasteiger partial charge in [-0.3, -0.25) is 0 Å². The molecule has 4 heteroatoms. The molecule has 26 aromatic rings. The van der Waals surface area contributed by atoms with E-state index in [2.05, 4.69) is 452 Å². The Morgan fingerprint density at radius 2 is 0.410 bits per heavy atom. The fourth-order valence-electron chi connectivity index (χ4n) is 23.5. The number of hydrogen-bond acceptors (Lipinski definition) is 4. The molecule has 0 spiro atoms. The molecule has 0 aliphatic heterocycles. The predicted molar refractivity (Wildman–Crippen MR) is 558 cm³/mol. The van der Waals surface area contributed by atoms with Crippen LogP contribution in [0.25, 0.3) is 220 Å². The van der Waals surface area contributed by atoms with Gasteiger partial charge in [-0.25, -0.2) is 0 Å². The molecule has 2 aliphatic rings. The molecule has 2 aliphatic carbocycles. The van der Waals surface area contributed by atoms with Crippen LogP contribution in [0.1, 0.15) is 66.8 Å². The number of benzene rings is 22. The van der Waals surface area contributed by atoms with Gasteiger partial charge in [-0.05, 0) is 254 Å². The molecule has 0 unspecified atom stereocenters. The van der Waals surface area contributed by atoms with Crippen molar-refractivity contribution >= 4 is 131 Å². The normalized spacial score (nSPS) is 13.0. The molecule has 0 N–H and O–H groups in total. The first-order valence-corrected chi connectivity index (χ1v) is 46.5. The van der Waals surface area contributed by atoms with Gasteiger partial charge in [0.1, 0.15) is 44.7 Å². The quantitative estimate of drug-likeness (QED) is 0.128. The van der Waals surface area contributed by atoms with Crippen LogP contribution in [0.2, 0.25) is 0 Å². The van der Waals surface area contributed by atoms with E-state index in [-0.39, 0.29) is 0 Å². The summed E-state index contributed by atoms with van der Waals surface area (Å²) in [5.74, 6) is 0. The molecule has 0 saturated carbocycles. The predicted octanol–water partition coefficient (Wildman–Crippen LogP) is 35.5. The van der Waals surface area contributed by atoms with E-state index in [0.717, 1.165) is 143 Å². The third-order valence-corrected chi connectivity index (χ3v) is 29.4. The minimum Gasteiger partial charge on any atom is -0.456 e. The van der Waals surface area contributed by atoms with Crippen molar-refractivity contribution in [1.82, 2.24) is 0 Å². The summed E-state index contributed by atoms with van der Waals surface area (Å²) in [6, 6.07) is 161. The number of furan rings is 4. The van der Waals surface area contributed by atoms with Crippen molar-refractivity contribution in [3.63, 3.8) is 0 Å². The van der Waals surface area contributed by atoms with Gasteiger partial charge in [0.25, 0.3) is 0 Å². The first-order valence-electron chi connectivity index (χ1n) is 46.5. The van der Waals surface area contributed by atoms with E-state index >= 15 is 0 Å². The molecule has 0 atom stereocenters. The summed E-state index contributed by atoms with van der Waals surface area (Å²) in [4.78, 5) is 0. The van der Waals surface area contributed by atoms with Crippen molar-refractivity contribution in [2.45, 2.75) is 38.5 Å². The van der Waals surface area contributed by atoms with E-state index in [0.29, 0.717) is 0 Å². The van der Waals surface area contributed by atoms with E-state index in [1.54, 1.807) is 0 Å². The van der Waals surface area contributed by atoms with Gasteiger partial charge in [-0.15, -0.1) is 0 Å². The molecule has 0 bridgehead atoms. The van der Waals surface area contributed by atoms with Gasteiger partial charge in [-0.2, -0.15) is 0 Å². The lowest BCUT2D eigenvalue weighted by molar-refractivity contribution is 0.668. The zero-order valence-corrected chi connectivity index (χ0v) is 74.2. The van der Waals surface area contributed by atoms with Gasteiger partial charge in [0.05, 0.1) is 10.8 Å². The van der Waals surface area contributed by atoms with Crippen molar-refractivity contribution in [3.05, 3.63) is 504 Å². The fraction of sp³-hybridized carbons (Fsp3) is 0.0462. The summed E-state index contributed by atoms with van der Waals surface area (Å²) < 4.78 is 26.6. The van der Waals surface area contributed by atoms with Crippen LogP contribution in [0.4, 0.5) is 0 Å². The Bertz CT molecular complexity index is 8980. The van der Waals surface area contributed by atoms with Gasteiger partial charge < -0.3 is 17.7 Å². The smallest absolute Gasteiger partial charge is 0.143 e. The first kappa shape index (κ1) is 77.1. The summed E-state index contributed by atoms with van der Waals surface area (Å²) in [5, 5.41) is 18.4. The molecule has 28 rings (SSSR count). The average Bonchev–Trinajstić information content (AvgIpc) is 1.52. The van der Waals surface area contributed by atoms with Crippen molar-refractivity contribution in [1.29, 1.82) is 0 Å². The van der Waals surface area contributed by atoms with Crippen LogP contribution in [-0.4, -0.2) is 0 Å². The zero-order chi connectivity index (χ0) is 88.8. The van der Waals surface area contributed by atoms with Gasteiger partial charge in [0.15, 0.2) is 0 Å². The molecule has 4 heterocycles. The molecule has 0 amide bonds. The highest BCUT2D eigenvalue weighted by molar-refractivity contribution is 6.25. The van der Waals surface area contributed by atoms with Crippen LogP contribution in [-0.2, 0) is 10.8 Å². The highest BCUT2D eigenvalue weighted by Gasteiger charge is 2.50. The Hall–Kier alpha value is -16.9. The van der Waals surface area contributed by atoms with Crippen LogP contribution < -0.4 is 0 Å². The standard InChI is InChI=1S/2C65H42O2/c1-39-30-34-41(35-31-39)65(42-36-32-40(2)33-37-42)58-27-6-3-14-45(58)50-21-11-26-55(62(50)65)61-48-19-9-17-43(51-22-12-24-53-46-15-4-7-28-59(46)66-63(51)53)56(48)38-57-44(18-10-20-49(57)61)52-23-13-25-54-47-16-5-8-29-60(47)67-64(52)54;1-39-24-30-43(31-25-39)65(44-32-26-40(2)27-33-44)58-21-6-3-12-47(58)54-19-11-20-55(64(54)65)63-52-17-9-15-45(41-28-34-50-48-13-4-7-22-59(48)66-61(50)36-41)56(52)38-57-46(16-10-18-53(57)63)42-29-35-51-49-14-5-8-23-60(49)67-62(51)37-42/h2*3-38H,1-2H3. The SMILES string of the molecule is Cc1ccc(C2(c3ccc(C)cc3)c3ccccc3-c3cccc(-c4c5cccc(-c6ccc7c(c6)oc6ccccc67)c5cc5c(-c6ccc7c(c6)oc6ccccc67)cccc45)c32)cc1.Cc1ccc(C2(c3ccc(C)cc3)c3ccccc3-c3cccc(-c4c5cccc(-c6cccc7c6oc6ccccc67)c5cc5c(-c6cccc7c6oc6ccccc67)cccc45)c32)cc1. The van der Waals surface area contributed by atoms with Crippen LogP contribution in [0.15, 0.2) is 454 Å². The lowest BCUT2D eigenvalue weighted by Gasteiger charge is -2.36. The third-order valence-electron chi connectivity index (χ3n) is 29.4. The molecule has 4 nitrogen and oxygen atoms in total. The molecule has 22 aromatic carbocycles. The number of fused-ring (bicyclic) bond motifs is 22. The second-order valence-electron chi connectivity index (χ2n) is 36.8. The van der Waals surface area contributed by atoms with E-state index < -0.39 is 10.8 Å². The Balaban J connectivity index is 0.000000136. The van der Waals surface area contributed by atoms with E-state index in [1.165, 1.54) is 144 Å². The number of para-hydroxylation sites is 6. The minimum absolute atomic E-state index is 0.605. The van der Waals surface area contributed by atoms with Crippen molar-refractivity contribution in [3.8, 4) is 89.0 Å². The molecule has 628 valence electrons. The molecule has 134 heavy (non-hydrogen) atoms. The number of aryl methyl sites for hydroxylation is 4. The van der Waals surface area contributed by atoms with Gasteiger partial charge in [-0.1, -0.05) is 398 Å². The molecule has 0 radical (unpaired) electrons. The van der Waals surface area contributed by atoms with Crippen molar-refractivity contribution in [2.75, 3.05) is 0 Å². The molecular formula is C130H84O4. The summed E-state index contributed by atoms with van der Waals surface area (Å²) in [6.45, 7) is 8.72. The lowest BCUT2D eigenvalue weighted by Crippen LogP contribution is -2.29. The Morgan fingerprint density at radius 3 is 0.776 bits per heavy atom. The Morgan fingerprint density at radius 1 is 0.157 bits per heavy atom. The van der Waals surface area contributed by atoms with Gasteiger partial charge >= 0.3 is 0 Å². The summed E-state index contributed by atoms with van der Waals surface area (Å²) >= 11 is 0. The first-order chi connectivity index (χ1) is 66.1. The van der Waals surface area contributed by atoms with Crippen LogP contribution in [0, 0.1) is 27.7 Å². The maximum absolute atomic E-state index is 6.79. The average molecular weight is 1710 g/mol. The van der Waals surface area contributed by atoms with Crippen LogP contribution in [0.3, 0.4) is 0 Å². The number of rotatable bonds is 10. The second-order valence-corrected chi connectivity index (χ2v) is 36.8. The third kappa shape index (κ3) is 11.4. The van der Waals surface area contributed by atoms with E-state index in [1.807, 2.05) is 12.1 Å². The molecule has 0 saturated heterocycles. The van der Waals surface area contributed by atoms with Crippen molar-refractivity contribution < 1.29 is 17.7 Å². The van der Waals surface area contributed by atoms with Crippen molar-refractivity contribution in [2.24, 2.45) is 0 Å². The minimum atomic E-state index is -0.618. The van der Waals surface area contributed by atoms with Gasteiger partial charge in [0.2, 0.25) is 0 Å². The summed E-state index contributed by atoms with van der Waals surface area (Å²) in [7, 11) is 0. The monoisotopic (exact) mass is 1710 g/mol. The molecular weight excluding hydrogens is 1630 g/mol. The largest absolute Gasteiger partial charge is 0.456 e. The molecule has 0 fully saturated rings. The molecule has 4 aromatic heterocycles. The van der Waals surface area contributed by atoms with E-state index in [4.69, 9.17) is 17.7 Å². The zero-order valence-electron chi connectivity index (χ0n) is 74.2. The van der Waals surface area contributed by atoms with Gasteiger partial charge in [0, 0.05) is 54.2 Å². The van der Waals surface area contributed by atoms with E-state index in [9.17, 15) is 0 Å². The lowest BCUT2D eigenvalue weighted by atomic mass is 9.65. The number of hydrogen-bond donors (Lipinski definition) is 0. The summed E-state index contributed by atoms with van der Waals surface area (Å²) in [5.41, 5.74) is 39.9. The fourth-order valence-corrected chi connectivity index (χ4v) is 23.5. The maximum atomic E-state index is 6.79. The second kappa shape index (κ2) is 29.8. The highest BCUT2D eigenvalue weighted by Crippen LogP contribution is 2.63. The summed E-state index contributed by atoms with van der Waals surface area (Å²) in [6.07, 6.45) is 0.